The molecule has 4 heteroatoms. The van der Waals surface area contributed by atoms with Gasteiger partial charge in [-0.05, 0) is 34.1 Å². The van der Waals surface area contributed by atoms with Crippen LogP contribution >= 0.6 is 31.9 Å². The summed E-state index contributed by atoms with van der Waals surface area (Å²) in [6.45, 7) is 0. The molecule has 58 valence electrons. The number of benzene rings is 1. The predicted octanol–water partition coefficient (Wildman–Crippen LogP) is 2.78. The van der Waals surface area contributed by atoms with E-state index in [2.05, 4.69) is 37.2 Å². The van der Waals surface area contributed by atoms with Crippen molar-refractivity contribution < 1.29 is 4.79 Å². The van der Waals surface area contributed by atoms with Crippen LogP contribution in [0.1, 0.15) is 0 Å². The van der Waals surface area contributed by atoms with Gasteiger partial charge in [0.1, 0.15) is 0 Å². The molecule has 1 aromatic rings. The molecule has 0 atom stereocenters. The molecule has 0 saturated carbocycles. The molecule has 0 heterocycles. The lowest BCUT2D eigenvalue weighted by Gasteiger charge is -2.01. The first-order valence-corrected chi connectivity index (χ1v) is 4.48. The minimum absolute atomic E-state index is 0.645. The van der Waals surface area contributed by atoms with Gasteiger partial charge in [0.2, 0.25) is 6.41 Å². The highest BCUT2D eigenvalue weighted by molar-refractivity contribution is 9.11. The molecular weight excluding hydrogens is 274 g/mol. The first kappa shape index (κ1) is 8.74. The van der Waals surface area contributed by atoms with Crippen molar-refractivity contribution in [3.63, 3.8) is 0 Å². The zero-order valence-electron chi connectivity index (χ0n) is 5.47. The van der Waals surface area contributed by atoms with Crippen LogP contribution < -0.4 is 5.32 Å². The average molecular weight is 279 g/mol. The molecule has 1 rings (SSSR count). The lowest BCUT2D eigenvalue weighted by atomic mass is 10.3. The normalized spacial score (nSPS) is 9.27. The predicted molar refractivity (Wildman–Crippen MR) is 51.5 cm³/mol. The highest BCUT2D eigenvalue weighted by Crippen LogP contribution is 2.25. The van der Waals surface area contributed by atoms with Crippen LogP contribution in [0.15, 0.2) is 27.1 Å². The van der Waals surface area contributed by atoms with E-state index in [1.165, 1.54) is 0 Å². The van der Waals surface area contributed by atoms with Gasteiger partial charge in [-0.3, -0.25) is 4.79 Å². The van der Waals surface area contributed by atoms with E-state index < -0.39 is 0 Å². The molecule has 0 saturated heterocycles. The number of hydrogen-bond donors (Lipinski definition) is 1. The lowest BCUT2D eigenvalue weighted by molar-refractivity contribution is -0.105. The van der Waals surface area contributed by atoms with Gasteiger partial charge in [0.15, 0.2) is 0 Å². The summed E-state index contributed by atoms with van der Waals surface area (Å²) in [7, 11) is 0. The molecule has 0 aromatic heterocycles. The number of hydrogen-bond acceptors (Lipinski definition) is 1. The first-order valence-electron chi connectivity index (χ1n) is 2.89. The Hall–Kier alpha value is -0.350. The smallest absolute Gasteiger partial charge is 0.211 e. The van der Waals surface area contributed by atoms with Crippen molar-refractivity contribution in [3.05, 3.63) is 27.1 Å². The van der Waals surface area contributed by atoms with Crippen LogP contribution in [0.3, 0.4) is 0 Å². The lowest BCUT2D eigenvalue weighted by Crippen LogP contribution is -1.93. The second-order valence-electron chi connectivity index (χ2n) is 1.89. The fourth-order valence-electron chi connectivity index (χ4n) is 0.672. The van der Waals surface area contributed by atoms with E-state index in [4.69, 9.17) is 0 Å². The van der Waals surface area contributed by atoms with Gasteiger partial charge in [-0.25, -0.2) is 0 Å². The largest absolute Gasteiger partial charge is 0.328 e. The number of amides is 1. The van der Waals surface area contributed by atoms with Gasteiger partial charge in [0.25, 0.3) is 0 Å². The Kier molecular flexibility index (Phi) is 3.08. The number of rotatable bonds is 2. The van der Waals surface area contributed by atoms with E-state index in [9.17, 15) is 4.79 Å². The summed E-state index contributed by atoms with van der Waals surface area (Å²) < 4.78 is 1.80. The molecule has 0 aliphatic heterocycles. The number of anilines is 1. The number of nitrogens with one attached hydrogen (secondary N) is 1. The minimum Gasteiger partial charge on any atom is -0.328 e. The van der Waals surface area contributed by atoms with Crippen molar-refractivity contribution in [1.29, 1.82) is 0 Å². The standard InChI is InChI=1S/C7H5Br2NO/c8-5-1-2-6(9)7(3-5)10-4-11/h1-4H,(H,10,11). The Balaban J connectivity index is 3.01. The minimum atomic E-state index is 0.645. The molecule has 0 unspecified atom stereocenters. The van der Waals surface area contributed by atoms with Crippen LogP contribution in [0.2, 0.25) is 0 Å². The summed E-state index contributed by atoms with van der Waals surface area (Å²) in [5.41, 5.74) is 0.759. The SMILES string of the molecule is O=CNc1cc(Br)ccc1Br. The molecule has 0 aliphatic rings. The zero-order valence-corrected chi connectivity index (χ0v) is 8.65. The summed E-state index contributed by atoms with van der Waals surface area (Å²) in [4.78, 5) is 10.1. The Labute approximate surface area is 81.2 Å². The molecule has 0 spiro atoms. The van der Waals surface area contributed by atoms with Gasteiger partial charge in [0.05, 0.1) is 5.69 Å². The summed E-state index contributed by atoms with van der Waals surface area (Å²) in [5, 5.41) is 2.56. The van der Waals surface area contributed by atoms with Gasteiger partial charge < -0.3 is 5.32 Å². The molecule has 1 amide bonds. The summed E-state index contributed by atoms with van der Waals surface area (Å²) in [6.07, 6.45) is 0.645. The van der Waals surface area contributed by atoms with Crippen LogP contribution in [0, 0.1) is 0 Å². The van der Waals surface area contributed by atoms with Crippen LogP contribution in [0.5, 0.6) is 0 Å². The van der Waals surface area contributed by atoms with Crippen molar-refractivity contribution in [2.75, 3.05) is 5.32 Å². The third-order valence-corrected chi connectivity index (χ3v) is 2.33. The van der Waals surface area contributed by atoms with E-state index in [0.717, 1.165) is 14.6 Å². The van der Waals surface area contributed by atoms with Gasteiger partial charge in [-0.15, -0.1) is 0 Å². The first-order chi connectivity index (χ1) is 5.24. The highest BCUT2D eigenvalue weighted by Gasteiger charge is 1.97. The van der Waals surface area contributed by atoms with Crippen molar-refractivity contribution in [3.8, 4) is 0 Å². The zero-order chi connectivity index (χ0) is 8.27. The van der Waals surface area contributed by atoms with Crippen LogP contribution in [0.25, 0.3) is 0 Å². The van der Waals surface area contributed by atoms with Crippen LogP contribution in [-0.2, 0) is 4.79 Å². The fourth-order valence-corrected chi connectivity index (χ4v) is 1.39. The molecule has 0 fully saturated rings. The van der Waals surface area contributed by atoms with Gasteiger partial charge in [-0.2, -0.15) is 0 Å². The van der Waals surface area contributed by atoms with Crippen LogP contribution in [-0.4, -0.2) is 6.41 Å². The molecule has 1 N–H and O–H groups in total. The van der Waals surface area contributed by atoms with E-state index in [-0.39, 0.29) is 0 Å². The van der Waals surface area contributed by atoms with E-state index in [1.54, 1.807) is 0 Å². The molecular formula is C7H5Br2NO. The van der Waals surface area contributed by atoms with Crippen LogP contribution in [0.4, 0.5) is 5.69 Å². The van der Waals surface area contributed by atoms with Crippen molar-refractivity contribution in [1.82, 2.24) is 0 Å². The van der Waals surface area contributed by atoms with Crippen molar-refractivity contribution in [2.24, 2.45) is 0 Å². The molecule has 0 bridgehead atoms. The number of carbonyl (C=O) groups excluding carboxylic acids is 1. The fraction of sp³-hybridized carbons (Fsp3) is 0. The maximum atomic E-state index is 10.1. The quantitative estimate of drug-likeness (QED) is 0.828. The second kappa shape index (κ2) is 3.88. The third-order valence-electron chi connectivity index (χ3n) is 1.14. The highest BCUT2D eigenvalue weighted by atomic mass is 79.9. The number of carbonyl (C=O) groups is 1. The Morgan fingerprint density at radius 1 is 1.36 bits per heavy atom. The average Bonchev–Trinajstić information content (AvgIpc) is 1.98. The number of halogens is 2. The third kappa shape index (κ3) is 2.31. The molecule has 2 nitrogen and oxygen atoms in total. The summed E-state index contributed by atoms with van der Waals surface area (Å²) in [6, 6.07) is 5.56. The Morgan fingerprint density at radius 2 is 2.09 bits per heavy atom. The maximum Gasteiger partial charge on any atom is 0.211 e. The van der Waals surface area contributed by atoms with Gasteiger partial charge >= 0.3 is 0 Å². The van der Waals surface area contributed by atoms with Gasteiger partial charge in [-0.1, -0.05) is 15.9 Å². The molecule has 1 aromatic carbocycles. The Morgan fingerprint density at radius 3 is 2.73 bits per heavy atom. The monoisotopic (exact) mass is 277 g/mol. The van der Waals surface area contributed by atoms with Gasteiger partial charge in [0, 0.05) is 8.95 Å². The van der Waals surface area contributed by atoms with E-state index >= 15 is 0 Å². The van der Waals surface area contributed by atoms with Crippen molar-refractivity contribution in [2.45, 2.75) is 0 Å². The maximum absolute atomic E-state index is 10.1. The van der Waals surface area contributed by atoms with Crippen molar-refractivity contribution >= 4 is 44.0 Å². The molecule has 0 radical (unpaired) electrons. The summed E-state index contributed by atoms with van der Waals surface area (Å²) >= 11 is 6.58. The Bertz CT molecular complexity index is 275. The topological polar surface area (TPSA) is 29.1 Å². The van der Waals surface area contributed by atoms with E-state index in [0.29, 0.717) is 6.41 Å². The molecule has 11 heavy (non-hydrogen) atoms. The van der Waals surface area contributed by atoms with E-state index in [1.807, 2.05) is 18.2 Å². The molecule has 0 aliphatic carbocycles. The second-order valence-corrected chi connectivity index (χ2v) is 3.66. The summed E-state index contributed by atoms with van der Waals surface area (Å²) in [5.74, 6) is 0.